The zero-order chi connectivity index (χ0) is 23.9. The van der Waals surface area contributed by atoms with E-state index in [2.05, 4.69) is 25.0 Å². The number of anilines is 3. The van der Waals surface area contributed by atoms with Gasteiger partial charge in [-0.25, -0.2) is 9.37 Å². The van der Waals surface area contributed by atoms with Gasteiger partial charge in [0.1, 0.15) is 17.5 Å². The Morgan fingerprint density at radius 1 is 1.03 bits per heavy atom. The standard InChI is InChI=1S/C24H20Cl2FN7S/c25-17-5-4-14(10-18(17)26)11-20-31-32-21-13-33(7-8-34(20)21)24-29-19-6-9-35-22(19)23(30-24)28-16-3-1-2-15(27)12-16/h1-5,10,12H,6-9,11,13H2,(H,28,29,30). The van der Waals surface area contributed by atoms with Gasteiger partial charge in [0.05, 0.1) is 27.2 Å². The number of halogens is 3. The monoisotopic (exact) mass is 527 g/mol. The molecule has 2 aliphatic heterocycles. The van der Waals surface area contributed by atoms with Crippen molar-refractivity contribution in [2.45, 2.75) is 30.8 Å². The molecule has 6 rings (SSSR count). The van der Waals surface area contributed by atoms with Crippen LogP contribution in [0.15, 0.2) is 47.4 Å². The number of aromatic nitrogens is 5. The normalized spacial score (nSPS) is 14.7. The molecule has 0 unspecified atom stereocenters. The molecule has 0 fully saturated rings. The maximum absolute atomic E-state index is 13.7. The second kappa shape index (κ2) is 9.29. The first kappa shape index (κ1) is 22.6. The Morgan fingerprint density at radius 3 is 2.80 bits per heavy atom. The van der Waals surface area contributed by atoms with Gasteiger partial charge < -0.3 is 14.8 Å². The molecule has 0 atom stereocenters. The lowest BCUT2D eigenvalue weighted by atomic mass is 10.1. The molecular weight excluding hydrogens is 508 g/mol. The van der Waals surface area contributed by atoms with Gasteiger partial charge in [-0.3, -0.25) is 0 Å². The van der Waals surface area contributed by atoms with E-state index in [0.29, 0.717) is 40.5 Å². The SMILES string of the molecule is Fc1cccc(Nc2nc(N3CCn4c(Cc5ccc(Cl)c(Cl)c5)nnc4C3)nc3c2SCC3)c1. The number of rotatable bonds is 5. The van der Waals surface area contributed by atoms with Crippen LogP contribution in [0.3, 0.4) is 0 Å². The van der Waals surface area contributed by atoms with E-state index < -0.39 is 0 Å². The highest BCUT2D eigenvalue weighted by molar-refractivity contribution is 7.99. The maximum atomic E-state index is 13.7. The average molecular weight is 528 g/mol. The van der Waals surface area contributed by atoms with Crippen molar-refractivity contribution in [2.24, 2.45) is 0 Å². The van der Waals surface area contributed by atoms with Crippen LogP contribution < -0.4 is 10.2 Å². The molecule has 35 heavy (non-hydrogen) atoms. The number of hydrogen-bond acceptors (Lipinski definition) is 7. The third-order valence-corrected chi connectivity index (χ3v) is 7.92. The number of thioether (sulfide) groups is 1. The van der Waals surface area contributed by atoms with Crippen molar-refractivity contribution in [3.05, 3.63) is 81.2 Å². The van der Waals surface area contributed by atoms with E-state index in [1.165, 1.54) is 12.1 Å². The molecule has 0 bridgehead atoms. The van der Waals surface area contributed by atoms with Crippen molar-refractivity contribution in [1.82, 2.24) is 24.7 Å². The van der Waals surface area contributed by atoms with Gasteiger partial charge in [-0.05, 0) is 35.9 Å². The second-order valence-electron chi connectivity index (χ2n) is 8.41. The first-order valence-corrected chi connectivity index (χ1v) is 12.9. The summed E-state index contributed by atoms with van der Waals surface area (Å²) in [6.45, 7) is 2.01. The van der Waals surface area contributed by atoms with Crippen molar-refractivity contribution in [3.8, 4) is 0 Å². The van der Waals surface area contributed by atoms with Crippen molar-refractivity contribution in [3.63, 3.8) is 0 Å². The molecule has 2 aromatic heterocycles. The Balaban J connectivity index is 1.25. The quantitative estimate of drug-likeness (QED) is 0.366. The second-order valence-corrected chi connectivity index (χ2v) is 10.3. The fourth-order valence-electron chi connectivity index (χ4n) is 4.34. The van der Waals surface area contributed by atoms with Crippen molar-refractivity contribution >= 4 is 52.4 Å². The fraction of sp³-hybridized carbons (Fsp3) is 0.250. The molecule has 7 nitrogen and oxygen atoms in total. The summed E-state index contributed by atoms with van der Waals surface area (Å²) in [5, 5.41) is 13.2. The fourth-order valence-corrected chi connectivity index (χ4v) is 5.70. The highest BCUT2D eigenvalue weighted by Crippen LogP contribution is 2.38. The zero-order valence-electron chi connectivity index (χ0n) is 18.5. The summed E-state index contributed by atoms with van der Waals surface area (Å²) in [4.78, 5) is 12.8. The van der Waals surface area contributed by atoms with Crippen molar-refractivity contribution in [2.75, 3.05) is 22.5 Å². The molecule has 11 heteroatoms. The van der Waals surface area contributed by atoms with Gasteiger partial charge in [0.15, 0.2) is 5.82 Å². The number of fused-ring (bicyclic) bond motifs is 2. The summed E-state index contributed by atoms with van der Waals surface area (Å²) < 4.78 is 15.9. The van der Waals surface area contributed by atoms with Crippen LogP contribution in [0.4, 0.5) is 21.8 Å². The maximum Gasteiger partial charge on any atom is 0.228 e. The van der Waals surface area contributed by atoms with E-state index in [4.69, 9.17) is 33.2 Å². The van der Waals surface area contributed by atoms with E-state index in [1.54, 1.807) is 23.9 Å². The van der Waals surface area contributed by atoms with Gasteiger partial charge in [-0.15, -0.1) is 22.0 Å². The lowest BCUT2D eigenvalue weighted by molar-refractivity contribution is 0.538. The van der Waals surface area contributed by atoms with Gasteiger partial charge in [0, 0.05) is 37.4 Å². The number of aryl methyl sites for hydroxylation is 1. The minimum absolute atomic E-state index is 0.291. The minimum atomic E-state index is -0.291. The van der Waals surface area contributed by atoms with E-state index in [1.807, 2.05) is 18.2 Å². The molecule has 0 amide bonds. The van der Waals surface area contributed by atoms with Crippen LogP contribution in [0.2, 0.25) is 10.0 Å². The molecule has 4 aromatic rings. The molecule has 1 N–H and O–H groups in total. The van der Waals surface area contributed by atoms with Crippen LogP contribution in [-0.2, 0) is 25.9 Å². The highest BCUT2D eigenvalue weighted by atomic mass is 35.5. The smallest absolute Gasteiger partial charge is 0.228 e. The molecule has 0 saturated heterocycles. The number of hydrogen-bond donors (Lipinski definition) is 1. The van der Waals surface area contributed by atoms with Gasteiger partial charge >= 0.3 is 0 Å². The first-order valence-electron chi connectivity index (χ1n) is 11.2. The van der Waals surface area contributed by atoms with E-state index in [9.17, 15) is 4.39 Å². The first-order chi connectivity index (χ1) is 17.0. The Morgan fingerprint density at radius 2 is 1.94 bits per heavy atom. The van der Waals surface area contributed by atoms with E-state index >= 15 is 0 Å². The molecule has 4 heterocycles. The predicted molar refractivity (Wildman–Crippen MR) is 136 cm³/mol. The molecule has 0 spiro atoms. The molecule has 2 aromatic carbocycles. The number of nitrogens with zero attached hydrogens (tertiary/aromatic N) is 6. The topological polar surface area (TPSA) is 71.8 Å². The van der Waals surface area contributed by atoms with E-state index in [-0.39, 0.29) is 5.82 Å². The molecule has 2 aliphatic rings. The van der Waals surface area contributed by atoms with Crippen molar-refractivity contribution < 1.29 is 4.39 Å². The zero-order valence-corrected chi connectivity index (χ0v) is 20.8. The van der Waals surface area contributed by atoms with Crippen LogP contribution in [0.1, 0.15) is 22.9 Å². The van der Waals surface area contributed by atoms with Crippen LogP contribution in [0, 0.1) is 5.82 Å². The minimum Gasteiger partial charge on any atom is -0.339 e. The van der Waals surface area contributed by atoms with Crippen LogP contribution >= 0.6 is 35.0 Å². The Hall–Kier alpha value is -2.88. The highest BCUT2D eigenvalue weighted by Gasteiger charge is 2.27. The summed E-state index contributed by atoms with van der Waals surface area (Å²) in [6, 6.07) is 12.0. The largest absolute Gasteiger partial charge is 0.339 e. The van der Waals surface area contributed by atoms with E-state index in [0.717, 1.165) is 53.1 Å². The van der Waals surface area contributed by atoms with Crippen LogP contribution in [0.25, 0.3) is 0 Å². The van der Waals surface area contributed by atoms with Gasteiger partial charge in [-0.2, -0.15) is 4.98 Å². The summed E-state index contributed by atoms with van der Waals surface area (Å²) in [5.74, 6) is 3.77. The summed E-state index contributed by atoms with van der Waals surface area (Å²) in [5.41, 5.74) is 2.71. The molecule has 0 aliphatic carbocycles. The van der Waals surface area contributed by atoms with Gasteiger partial charge in [0.25, 0.3) is 0 Å². The predicted octanol–water partition coefficient (Wildman–Crippen LogP) is 5.52. The summed E-state index contributed by atoms with van der Waals surface area (Å²) >= 11 is 13.9. The lowest BCUT2D eigenvalue weighted by Gasteiger charge is -2.28. The van der Waals surface area contributed by atoms with Crippen LogP contribution in [0.5, 0.6) is 0 Å². The third-order valence-electron chi connectivity index (χ3n) is 6.06. The molecule has 178 valence electrons. The third kappa shape index (κ3) is 4.55. The molecular formula is C24H20Cl2FN7S. The molecule has 0 saturated carbocycles. The van der Waals surface area contributed by atoms with Crippen LogP contribution in [-0.4, -0.2) is 37.0 Å². The van der Waals surface area contributed by atoms with Gasteiger partial charge in [-0.1, -0.05) is 35.3 Å². The summed E-state index contributed by atoms with van der Waals surface area (Å²) in [6.07, 6.45) is 1.50. The summed E-state index contributed by atoms with van der Waals surface area (Å²) in [7, 11) is 0. The Kier molecular flexibility index (Phi) is 5.99. The van der Waals surface area contributed by atoms with Crippen molar-refractivity contribution in [1.29, 1.82) is 0 Å². The molecule has 0 radical (unpaired) electrons. The lowest BCUT2D eigenvalue weighted by Crippen LogP contribution is -2.35. The van der Waals surface area contributed by atoms with Gasteiger partial charge in [0.2, 0.25) is 5.95 Å². The Bertz CT molecular complexity index is 1430. The average Bonchev–Trinajstić information content (AvgIpc) is 3.48. The number of nitrogens with one attached hydrogen (secondary N) is 1. The number of benzene rings is 2. The Labute approximate surface area is 215 Å².